The lowest BCUT2D eigenvalue weighted by Gasteiger charge is -2.03. The molecule has 1 aromatic carbocycles. The minimum Gasteiger partial charge on any atom is -0.466 e. The maximum Gasteiger partial charge on any atom is 0.333 e. The highest BCUT2D eigenvalue weighted by Crippen LogP contribution is 2.02. The van der Waals surface area contributed by atoms with Crippen LogP contribution in [0.2, 0.25) is 0 Å². The maximum absolute atomic E-state index is 12.6. The quantitative estimate of drug-likeness (QED) is 0.484. The largest absolute Gasteiger partial charge is 0.466 e. The number of esters is 1. The Kier molecular flexibility index (Phi) is 5.36. The number of hydrogen-bond acceptors (Lipinski definition) is 3. The van der Waals surface area contributed by atoms with E-state index in [1.807, 2.05) is 0 Å². The van der Waals surface area contributed by atoms with Gasteiger partial charge in [0.1, 0.15) is 5.82 Å². The van der Waals surface area contributed by atoms with E-state index in [2.05, 4.69) is 10.1 Å². The zero-order chi connectivity index (χ0) is 12.7. The number of nitrogens with one attached hydrogen (secondary N) is 1. The molecule has 0 spiro atoms. The van der Waals surface area contributed by atoms with E-state index in [4.69, 9.17) is 0 Å². The molecule has 0 aliphatic rings. The fraction of sp³-hybridized carbons (Fsp3) is 0.308. The Labute approximate surface area is 100 Å². The van der Waals surface area contributed by atoms with E-state index < -0.39 is 0 Å². The molecule has 4 heteroatoms. The van der Waals surface area contributed by atoms with Gasteiger partial charge in [0.25, 0.3) is 0 Å². The van der Waals surface area contributed by atoms with Crippen LogP contribution < -0.4 is 5.32 Å². The molecule has 0 radical (unpaired) electrons. The number of hydrogen-bond donors (Lipinski definition) is 1. The van der Waals surface area contributed by atoms with Crippen LogP contribution in [-0.4, -0.2) is 19.6 Å². The Morgan fingerprint density at radius 1 is 1.41 bits per heavy atom. The average Bonchev–Trinajstić information content (AvgIpc) is 2.35. The fourth-order valence-electron chi connectivity index (χ4n) is 1.29. The smallest absolute Gasteiger partial charge is 0.333 e. The van der Waals surface area contributed by atoms with Crippen molar-refractivity contribution in [2.75, 3.05) is 13.7 Å². The van der Waals surface area contributed by atoms with Gasteiger partial charge in [-0.1, -0.05) is 18.2 Å². The number of carbonyl (C=O) groups excluding carboxylic acids is 1. The number of carbonyl (C=O) groups is 1. The summed E-state index contributed by atoms with van der Waals surface area (Å²) in [6.07, 6.45) is 1.76. The second-order valence-corrected chi connectivity index (χ2v) is 3.64. The molecule has 0 saturated carbocycles. The minimum absolute atomic E-state index is 0.241. The van der Waals surface area contributed by atoms with Crippen molar-refractivity contribution in [3.63, 3.8) is 0 Å². The van der Waals surface area contributed by atoms with Gasteiger partial charge in [-0.3, -0.25) is 0 Å². The zero-order valence-electron chi connectivity index (χ0n) is 10.00. The van der Waals surface area contributed by atoms with Gasteiger partial charge in [-0.05, 0) is 24.6 Å². The lowest BCUT2D eigenvalue weighted by atomic mass is 10.2. The summed E-state index contributed by atoms with van der Waals surface area (Å²) in [7, 11) is 1.35. The van der Waals surface area contributed by atoms with E-state index in [-0.39, 0.29) is 11.8 Å². The second kappa shape index (κ2) is 6.81. The zero-order valence-corrected chi connectivity index (χ0v) is 10.00. The van der Waals surface area contributed by atoms with Gasteiger partial charge < -0.3 is 10.1 Å². The number of rotatable bonds is 5. The minimum atomic E-state index is -0.325. The molecule has 17 heavy (non-hydrogen) atoms. The second-order valence-electron chi connectivity index (χ2n) is 3.64. The summed E-state index contributed by atoms with van der Waals surface area (Å²) >= 11 is 0. The summed E-state index contributed by atoms with van der Waals surface area (Å²) in [5.74, 6) is -0.566. The van der Waals surface area contributed by atoms with Crippen molar-refractivity contribution in [3.8, 4) is 0 Å². The van der Waals surface area contributed by atoms with Gasteiger partial charge in [-0.2, -0.15) is 0 Å². The molecule has 0 saturated heterocycles. The van der Waals surface area contributed by atoms with Gasteiger partial charge in [0.05, 0.1) is 7.11 Å². The highest BCUT2D eigenvalue weighted by Gasteiger charge is 2.01. The first kappa shape index (κ1) is 13.4. The predicted molar refractivity (Wildman–Crippen MR) is 63.9 cm³/mol. The summed E-state index contributed by atoms with van der Waals surface area (Å²) in [6, 6.07) is 6.29. The van der Waals surface area contributed by atoms with Crippen LogP contribution in [0.3, 0.4) is 0 Å². The Balaban J connectivity index is 2.33. The summed E-state index contributed by atoms with van der Waals surface area (Å²) < 4.78 is 17.2. The summed E-state index contributed by atoms with van der Waals surface area (Å²) in [5, 5.41) is 3.12. The Morgan fingerprint density at radius 3 is 2.65 bits per heavy atom. The molecule has 92 valence electrons. The molecule has 0 unspecified atom stereocenters. The van der Waals surface area contributed by atoms with Gasteiger partial charge in [0.2, 0.25) is 0 Å². The molecule has 0 heterocycles. The third kappa shape index (κ3) is 4.78. The number of benzene rings is 1. The molecule has 0 bridgehead atoms. The molecule has 0 atom stereocenters. The highest BCUT2D eigenvalue weighted by atomic mass is 19.1. The Morgan fingerprint density at radius 2 is 2.06 bits per heavy atom. The first-order valence-electron chi connectivity index (χ1n) is 5.33. The van der Waals surface area contributed by atoms with Gasteiger partial charge in [-0.15, -0.1) is 0 Å². The number of halogens is 1. The first-order valence-corrected chi connectivity index (χ1v) is 5.33. The lowest BCUT2D eigenvalue weighted by molar-refractivity contribution is -0.136. The lowest BCUT2D eigenvalue weighted by Crippen LogP contribution is -2.14. The van der Waals surface area contributed by atoms with Crippen LogP contribution in [0, 0.1) is 5.82 Å². The monoisotopic (exact) mass is 237 g/mol. The third-order valence-corrected chi connectivity index (χ3v) is 2.30. The van der Waals surface area contributed by atoms with Gasteiger partial charge in [0, 0.05) is 18.7 Å². The van der Waals surface area contributed by atoms with Crippen molar-refractivity contribution in [1.29, 1.82) is 0 Å². The van der Waals surface area contributed by atoms with Crippen LogP contribution in [0.4, 0.5) is 4.39 Å². The van der Waals surface area contributed by atoms with Crippen LogP contribution in [0.25, 0.3) is 0 Å². The summed E-state index contributed by atoms with van der Waals surface area (Å²) in [6.45, 7) is 2.90. The van der Waals surface area contributed by atoms with Gasteiger partial charge in [0.15, 0.2) is 0 Å². The molecule has 0 aliphatic carbocycles. The SMILES string of the molecule is COC(=O)/C(C)=C/CNCc1ccc(F)cc1. The van der Waals surface area contributed by atoms with Crippen LogP contribution in [0.15, 0.2) is 35.9 Å². The predicted octanol–water partition coefficient (Wildman–Crippen LogP) is 2.03. The highest BCUT2D eigenvalue weighted by molar-refractivity contribution is 5.87. The topological polar surface area (TPSA) is 38.3 Å². The van der Waals surface area contributed by atoms with E-state index in [1.54, 1.807) is 25.1 Å². The third-order valence-electron chi connectivity index (χ3n) is 2.30. The van der Waals surface area contributed by atoms with Crippen molar-refractivity contribution < 1.29 is 13.9 Å². The molecule has 0 aromatic heterocycles. The average molecular weight is 237 g/mol. The molecule has 1 aromatic rings. The van der Waals surface area contributed by atoms with Crippen LogP contribution in [-0.2, 0) is 16.1 Å². The Bertz CT molecular complexity index is 398. The van der Waals surface area contributed by atoms with E-state index in [9.17, 15) is 9.18 Å². The normalized spacial score (nSPS) is 11.4. The molecule has 0 amide bonds. The van der Waals surface area contributed by atoms with Gasteiger partial charge >= 0.3 is 5.97 Å². The van der Waals surface area contributed by atoms with Crippen LogP contribution in [0.1, 0.15) is 12.5 Å². The molecule has 1 N–H and O–H groups in total. The van der Waals surface area contributed by atoms with Crippen LogP contribution in [0.5, 0.6) is 0 Å². The number of ether oxygens (including phenoxy) is 1. The van der Waals surface area contributed by atoms with Crippen molar-refractivity contribution in [2.24, 2.45) is 0 Å². The molecular weight excluding hydrogens is 221 g/mol. The first-order chi connectivity index (χ1) is 8.13. The molecular formula is C13H16FNO2. The van der Waals surface area contributed by atoms with E-state index in [1.165, 1.54) is 19.2 Å². The summed E-state index contributed by atoms with van der Waals surface area (Å²) in [5.41, 5.74) is 1.56. The van der Waals surface area contributed by atoms with Crippen LogP contribution >= 0.6 is 0 Å². The van der Waals surface area contributed by atoms with Crippen molar-refractivity contribution in [3.05, 3.63) is 47.3 Å². The standard InChI is InChI=1S/C13H16FNO2/c1-10(13(16)17-2)7-8-15-9-11-3-5-12(14)6-4-11/h3-7,15H,8-9H2,1-2H3/b10-7+. The van der Waals surface area contributed by atoms with E-state index in [0.717, 1.165) is 5.56 Å². The van der Waals surface area contributed by atoms with E-state index >= 15 is 0 Å². The molecule has 1 rings (SSSR count). The van der Waals surface area contributed by atoms with Crippen molar-refractivity contribution in [1.82, 2.24) is 5.32 Å². The van der Waals surface area contributed by atoms with E-state index in [0.29, 0.717) is 18.7 Å². The Hall–Kier alpha value is -1.68. The number of methoxy groups -OCH3 is 1. The molecule has 0 aliphatic heterocycles. The van der Waals surface area contributed by atoms with Crippen molar-refractivity contribution >= 4 is 5.97 Å². The molecule has 3 nitrogen and oxygen atoms in total. The van der Waals surface area contributed by atoms with Crippen molar-refractivity contribution in [2.45, 2.75) is 13.5 Å². The fourth-order valence-corrected chi connectivity index (χ4v) is 1.29. The summed E-state index contributed by atoms with van der Waals surface area (Å²) in [4.78, 5) is 11.1. The van der Waals surface area contributed by atoms with Gasteiger partial charge in [-0.25, -0.2) is 9.18 Å². The molecule has 0 fully saturated rings. The maximum atomic E-state index is 12.6.